The SMILES string of the molecule is CCOc1ccc(/C=C/C(=O)N2CCN(C(=O)OC(C)(C)C)CC2)cc1. The fraction of sp³-hybridized carbons (Fsp3) is 0.500. The molecule has 142 valence electrons. The van der Waals surface area contributed by atoms with Crippen molar-refractivity contribution in [1.29, 1.82) is 0 Å². The van der Waals surface area contributed by atoms with Gasteiger partial charge in [0, 0.05) is 32.3 Å². The summed E-state index contributed by atoms with van der Waals surface area (Å²) in [5.41, 5.74) is 0.430. The molecule has 2 amide bonds. The van der Waals surface area contributed by atoms with Crippen LogP contribution >= 0.6 is 0 Å². The Balaban J connectivity index is 1.83. The highest BCUT2D eigenvalue weighted by Gasteiger charge is 2.26. The van der Waals surface area contributed by atoms with Crippen molar-refractivity contribution >= 4 is 18.1 Å². The largest absolute Gasteiger partial charge is 0.494 e. The van der Waals surface area contributed by atoms with Crippen molar-refractivity contribution in [2.75, 3.05) is 32.8 Å². The van der Waals surface area contributed by atoms with Crippen LogP contribution in [0.4, 0.5) is 4.79 Å². The van der Waals surface area contributed by atoms with Gasteiger partial charge in [0.25, 0.3) is 0 Å². The summed E-state index contributed by atoms with van der Waals surface area (Å²) in [6, 6.07) is 7.59. The molecule has 0 saturated carbocycles. The lowest BCUT2D eigenvalue weighted by Gasteiger charge is -2.35. The van der Waals surface area contributed by atoms with Crippen LogP contribution in [0.3, 0.4) is 0 Å². The third-order valence-corrected chi connectivity index (χ3v) is 3.85. The van der Waals surface area contributed by atoms with E-state index < -0.39 is 5.60 Å². The quantitative estimate of drug-likeness (QED) is 0.774. The molecule has 0 radical (unpaired) electrons. The minimum absolute atomic E-state index is 0.0530. The zero-order valence-corrected chi connectivity index (χ0v) is 16.0. The fourth-order valence-electron chi connectivity index (χ4n) is 2.55. The monoisotopic (exact) mass is 360 g/mol. The lowest BCUT2D eigenvalue weighted by Crippen LogP contribution is -2.51. The first-order valence-electron chi connectivity index (χ1n) is 8.96. The van der Waals surface area contributed by atoms with Crippen LogP contribution in [0.1, 0.15) is 33.3 Å². The van der Waals surface area contributed by atoms with Crippen LogP contribution < -0.4 is 4.74 Å². The number of carbonyl (C=O) groups excluding carboxylic acids is 2. The Labute approximate surface area is 155 Å². The predicted molar refractivity (Wildman–Crippen MR) is 101 cm³/mol. The predicted octanol–water partition coefficient (Wildman–Crippen LogP) is 3.18. The second-order valence-electron chi connectivity index (χ2n) is 7.13. The minimum atomic E-state index is -0.509. The molecular weight excluding hydrogens is 332 g/mol. The molecule has 6 nitrogen and oxygen atoms in total. The summed E-state index contributed by atoms with van der Waals surface area (Å²) in [5.74, 6) is 0.761. The van der Waals surface area contributed by atoms with Gasteiger partial charge in [0.05, 0.1) is 6.61 Å². The van der Waals surface area contributed by atoms with Crippen molar-refractivity contribution < 1.29 is 19.1 Å². The number of hydrogen-bond donors (Lipinski definition) is 0. The van der Waals surface area contributed by atoms with Gasteiger partial charge in [-0.1, -0.05) is 12.1 Å². The van der Waals surface area contributed by atoms with Gasteiger partial charge in [0.15, 0.2) is 0 Å². The van der Waals surface area contributed by atoms with Gasteiger partial charge in [-0.25, -0.2) is 4.79 Å². The topological polar surface area (TPSA) is 59.1 Å². The van der Waals surface area contributed by atoms with Crippen molar-refractivity contribution in [3.63, 3.8) is 0 Å². The summed E-state index contributed by atoms with van der Waals surface area (Å²) in [6.45, 7) is 10.1. The van der Waals surface area contributed by atoms with E-state index in [4.69, 9.17) is 9.47 Å². The van der Waals surface area contributed by atoms with E-state index in [1.54, 1.807) is 22.0 Å². The number of piperazine rings is 1. The standard InChI is InChI=1S/C20H28N2O4/c1-5-25-17-9-6-16(7-10-17)8-11-18(23)21-12-14-22(15-13-21)19(24)26-20(2,3)4/h6-11H,5,12-15H2,1-4H3/b11-8+. The molecule has 0 spiro atoms. The Morgan fingerprint density at radius 2 is 1.62 bits per heavy atom. The molecule has 1 fully saturated rings. The summed E-state index contributed by atoms with van der Waals surface area (Å²) in [4.78, 5) is 27.8. The van der Waals surface area contributed by atoms with Gasteiger partial charge in [-0.2, -0.15) is 0 Å². The molecule has 2 rings (SSSR count). The third-order valence-electron chi connectivity index (χ3n) is 3.85. The average Bonchev–Trinajstić information content (AvgIpc) is 2.60. The average molecular weight is 360 g/mol. The Morgan fingerprint density at radius 3 is 2.15 bits per heavy atom. The molecule has 0 aromatic heterocycles. The van der Waals surface area contributed by atoms with E-state index in [-0.39, 0.29) is 12.0 Å². The number of benzene rings is 1. The van der Waals surface area contributed by atoms with Gasteiger partial charge in [0.1, 0.15) is 11.4 Å². The van der Waals surface area contributed by atoms with Gasteiger partial charge < -0.3 is 19.3 Å². The lowest BCUT2D eigenvalue weighted by molar-refractivity contribution is -0.127. The molecule has 6 heteroatoms. The molecule has 0 N–H and O–H groups in total. The minimum Gasteiger partial charge on any atom is -0.494 e. The van der Waals surface area contributed by atoms with Crippen LogP contribution in [0.15, 0.2) is 30.3 Å². The second-order valence-corrected chi connectivity index (χ2v) is 7.13. The smallest absolute Gasteiger partial charge is 0.410 e. The van der Waals surface area contributed by atoms with Crippen molar-refractivity contribution in [3.05, 3.63) is 35.9 Å². The number of hydrogen-bond acceptors (Lipinski definition) is 4. The molecule has 0 aliphatic carbocycles. The normalized spacial score (nSPS) is 15.2. The van der Waals surface area contributed by atoms with E-state index in [0.717, 1.165) is 11.3 Å². The highest BCUT2D eigenvalue weighted by Crippen LogP contribution is 2.14. The van der Waals surface area contributed by atoms with E-state index in [1.165, 1.54) is 0 Å². The Morgan fingerprint density at radius 1 is 1.04 bits per heavy atom. The first-order valence-corrected chi connectivity index (χ1v) is 8.96. The summed E-state index contributed by atoms with van der Waals surface area (Å²) < 4.78 is 10.8. The number of rotatable bonds is 4. The Bertz CT molecular complexity index is 639. The molecule has 1 saturated heterocycles. The van der Waals surface area contributed by atoms with Gasteiger partial charge in [-0.15, -0.1) is 0 Å². The highest BCUT2D eigenvalue weighted by atomic mass is 16.6. The number of ether oxygens (including phenoxy) is 2. The van der Waals surface area contributed by atoms with E-state index >= 15 is 0 Å². The molecule has 1 aliphatic heterocycles. The maximum Gasteiger partial charge on any atom is 0.410 e. The summed E-state index contributed by atoms with van der Waals surface area (Å²) in [7, 11) is 0. The van der Waals surface area contributed by atoms with Crippen molar-refractivity contribution in [1.82, 2.24) is 9.80 Å². The van der Waals surface area contributed by atoms with Gasteiger partial charge in [0.2, 0.25) is 5.91 Å². The molecule has 26 heavy (non-hydrogen) atoms. The molecule has 1 aliphatic rings. The van der Waals surface area contributed by atoms with Crippen LogP contribution in [-0.4, -0.2) is 60.2 Å². The van der Waals surface area contributed by atoms with Crippen LogP contribution in [0, 0.1) is 0 Å². The van der Waals surface area contributed by atoms with Crippen molar-refractivity contribution in [2.24, 2.45) is 0 Å². The summed E-state index contributed by atoms with van der Waals surface area (Å²) in [5, 5.41) is 0. The number of nitrogens with zero attached hydrogens (tertiary/aromatic N) is 2. The van der Waals surface area contributed by atoms with E-state index in [2.05, 4.69) is 0 Å². The highest BCUT2D eigenvalue weighted by molar-refractivity contribution is 5.92. The summed E-state index contributed by atoms with van der Waals surface area (Å²) >= 11 is 0. The molecule has 1 heterocycles. The molecule has 0 atom stereocenters. The van der Waals surface area contributed by atoms with Crippen LogP contribution in [0.2, 0.25) is 0 Å². The summed E-state index contributed by atoms with van der Waals surface area (Å²) in [6.07, 6.45) is 3.03. The molecule has 0 unspecified atom stereocenters. The zero-order chi connectivity index (χ0) is 19.2. The van der Waals surface area contributed by atoms with Gasteiger partial charge >= 0.3 is 6.09 Å². The number of amides is 2. The van der Waals surface area contributed by atoms with Gasteiger partial charge in [-0.05, 0) is 51.5 Å². The van der Waals surface area contributed by atoms with Crippen LogP contribution in [0.25, 0.3) is 6.08 Å². The van der Waals surface area contributed by atoms with E-state index in [9.17, 15) is 9.59 Å². The van der Waals surface area contributed by atoms with E-state index in [1.807, 2.05) is 52.0 Å². The van der Waals surface area contributed by atoms with E-state index in [0.29, 0.717) is 32.8 Å². The first kappa shape index (κ1) is 19.8. The maximum atomic E-state index is 12.3. The zero-order valence-electron chi connectivity index (χ0n) is 16.0. The lowest BCUT2D eigenvalue weighted by atomic mass is 10.2. The second kappa shape index (κ2) is 8.74. The number of carbonyl (C=O) groups is 2. The van der Waals surface area contributed by atoms with Crippen molar-refractivity contribution in [2.45, 2.75) is 33.3 Å². The molecule has 1 aromatic rings. The van der Waals surface area contributed by atoms with Crippen LogP contribution in [-0.2, 0) is 9.53 Å². The first-order chi connectivity index (χ1) is 12.3. The van der Waals surface area contributed by atoms with Gasteiger partial charge in [-0.3, -0.25) is 4.79 Å². The third kappa shape index (κ3) is 6.10. The van der Waals surface area contributed by atoms with Crippen LogP contribution in [0.5, 0.6) is 5.75 Å². The maximum absolute atomic E-state index is 12.3. The fourth-order valence-corrected chi connectivity index (χ4v) is 2.55. The molecule has 1 aromatic carbocycles. The van der Waals surface area contributed by atoms with Crippen molar-refractivity contribution in [3.8, 4) is 5.75 Å². The molecule has 0 bridgehead atoms. The Kier molecular flexibility index (Phi) is 6.66. The molecular formula is C20H28N2O4. The Hall–Kier alpha value is -2.50.